The lowest BCUT2D eigenvalue weighted by atomic mass is 9.92. The number of hydrogen-bond donors (Lipinski definition) is 1. The van der Waals surface area contributed by atoms with Crippen LogP contribution < -0.4 is 5.73 Å². The summed E-state index contributed by atoms with van der Waals surface area (Å²) in [6, 6.07) is 9.35. The molecular weight excluding hydrogens is 234 g/mol. The molecule has 4 heteroatoms. The Bertz CT molecular complexity index is 565. The molecule has 0 aliphatic heterocycles. The molecule has 2 N–H and O–H groups in total. The molecule has 0 aliphatic rings. The molecular formula is C14H16F2N2. The predicted molar refractivity (Wildman–Crippen MR) is 68.8 cm³/mol. The van der Waals surface area contributed by atoms with E-state index in [2.05, 4.69) is 4.98 Å². The maximum Gasteiger partial charge on any atom is 0.256 e. The lowest BCUT2D eigenvalue weighted by molar-refractivity contribution is 0.0641. The zero-order valence-electron chi connectivity index (χ0n) is 10.5. The monoisotopic (exact) mass is 250 g/mol. The first kappa shape index (κ1) is 12.9. The van der Waals surface area contributed by atoms with Gasteiger partial charge in [-0.25, -0.2) is 8.78 Å². The van der Waals surface area contributed by atoms with Gasteiger partial charge in [-0.3, -0.25) is 4.98 Å². The maximum atomic E-state index is 12.9. The van der Waals surface area contributed by atoms with E-state index < -0.39 is 12.0 Å². The van der Waals surface area contributed by atoms with E-state index in [-0.39, 0.29) is 6.42 Å². The van der Waals surface area contributed by atoms with Crippen LogP contribution in [0.5, 0.6) is 0 Å². The summed E-state index contributed by atoms with van der Waals surface area (Å²) in [6.45, 7) is 3.23. The largest absolute Gasteiger partial charge is 0.320 e. The topological polar surface area (TPSA) is 38.9 Å². The van der Waals surface area contributed by atoms with E-state index in [1.54, 1.807) is 0 Å². The van der Waals surface area contributed by atoms with Crippen LogP contribution >= 0.6 is 0 Å². The van der Waals surface area contributed by atoms with Crippen molar-refractivity contribution in [2.24, 2.45) is 5.73 Å². The molecule has 0 bridgehead atoms. The van der Waals surface area contributed by atoms with Crippen molar-refractivity contribution >= 4 is 10.9 Å². The van der Waals surface area contributed by atoms with Crippen molar-refractivity contribution in [3.8, 4) is 0 Å². The number of benzene rings is 1. The Morgan fingerprint density at radius 3 is 2.67 bits per heavy atom. The van der Waals surface area contributed by atoms with E-state index in [1.807, 2.05) is 37.3 Å². The number of para-hydroxylation sites is 1. The summed E-state index contributed by atoms with van der Waals surface area (Å²) in [6.07, 6.45) is -2.42. The maximum absolute atomic E-state index is 12.9. The first-order valence-electron chi connectivity index (χ1n) is 5.82. The Balaban J connectivity index is 2.50. The van der Waals surface area contributed by atoms with E-state index in [1.165, 1.54) is 6.92 Å². The van der Waals surface area contributed by atoms with Gasteiger partial charge in [0.1, 0.15) is 0 Å². The van der Waals surface area contributed by atoms with Crippen molar-refractivity contribution in [3.05, 3.63) is 41.6 Å². The van der Waals surface area contributed by atoms with Gasteiger partial charge in [-0.05, 0) is 38.0 Å². The average Bonchev–Trinajstić information content (AvgIpc) is 2.28. The third-order valence-corrected chi connectivity index (χ3v) is 3.00. The molecule has 1 aromatic heterocycles. The molecule has 1 atom stereocenters. The summed E-state index contributed by atoms with van der Waals surface area (Å²) in [5.74, 6) is 0. The molecule has 1 aromatic carbocycles. The highest BCUT2D eigenvalue weighted by Crippen LogP contribution is 2.24. The van der Waals surface area contributed by atoms with Crippen LogP contribution in [-0.2, 0) is 6.42 Å². The number of aryl methyl sites for hydroxylation is 1. The van der Waals surface area contributed by atoms with E-state index in [0.29, 0.717) is 0 Å². The van der Waals surface area contributed by atoms with Crippen molar-refractivity contribution in [1.29, 1.82) is 0 Å². The number of alkyl halides is 2. The molecule has 0 amide bonds. The molecule has 2 aromatic rings. The van der Waals surface area contributed by atoms with Gasteiger partial charge in [0.15, 0.2) is 0 Å². The smallest absolute Gasteiger partial charge is 0.256 e. The van der Waals surface area contributed by atoms with Crippen LogP contribution in [0.2, 0.25) is 0 Å². The first-order chi connectivity index (χ1) is 8.40. The standard InChI is InChI=1S/C14H16F2N2/c1-9-7-10(8-14(2,17)13(15)16)11-5-3-4-6-12(11)18-9/h3-7,13H,8,17H2,1-2H3. The van der Waals surface area contributed by atoms with Crippen molar-refractivity contribution in [2.45, 2.75) is 32.2 Å². The van der Waals surface area contributed by atoms with Crippen LogP contribution in [0.3, 0.4) is 0 Å². The minimum Gasteiger partial charge on any atom is -0.320 e. The quantitative estimate of drug-likeness (QED) is 0.909. The van der Waals surface area contributed by atoms with E-state index >= 15 is 0 Å². The minimum absolute atomic E-state index is 0.133. The number of fused-ring (bicyclic) bond motifs is 1. The Kier molecular flexibility index (Phi) is 3.30. The SMILES string of the molecule is Cc1cc(CC(C)(N)C(F)F)c2ccccc2n1. The molecule has 0 saturated heterocycles. The van der Waals surface area contributed by atoms with Crippen LogP contribution in [0.25, 0.3) is 10.9 Å². The Morgan fingerprint density at radius 2 is 2.00 bits per heavy atom. The van der Waals surface area contributed by atoms with E-state index in [4.69, 9.17) is 5.73 Å². The van der Waals surface area contributed by atoms with Gasteiger partial charge >= 0.3 is 0 Å². The fraction of sp³-hybridized carbons (Fsp3) is 0.357. The third kappa shape index (κ3) is 2.48. The first-order valence-corrected chi connectivity index (χ1v) is 5.82. The fourth-order valence-electron chi connectivity index (χ4n) is 2.03. The molecule has 0 saturated carbocycles. The van der Waals surface area contributed by atoms with Crippen molar-refractivity contribution < 1.29 is 8.78 Å². The van der Waals surface area contributed by atoms with Gasteiger partial charge in [0.25, 0.3) is 6.43 Å². The fourth-order valence-corrected chi connectivity index (χ4v) is 2.03. The Labute approximate surface area is 105 Å². The predicted octanol–water partition coefficient (Wildman–Crippen LogP) is 3.07. The number of nitrogens with zero attached hydrogens (tertiary/aromatic N) is 1. The van der Waals surface area contributed by atoms with Crippen LogP contribution in [0, 0.1) is 6.92 Å². The van der Waals surface area contributed by atoms with Gasteiger partial charge in [0.2, 0.25) is 0 Å². The van der Waals surface area contributed by atoms with Gasteiger partial charge in [-0.15, -0.1) is 0 Å². The number of nitrogens with two attached hydrogens (primary N) is 1. The van der Waals surface area contributed by atoms with Gasteiger partial charge in [-0.2, -0.15) is 0 Å². The summed E-state index contributed by atoms with van der Waals surface area (Å²) < 4.78 is 25.7. The molecule has 2 nitrogen and oxygen atoms in total. The van der Waals surface area contributed by atoms with Crippen LogP contribution in [0.15, 0.2) is 30.3 Å². The number of hydrogen-bond acceptors (Lipinski definition) is 2. The normalized spacial score (nSPS) is 15.0. The van der Waals surface area contributed by atoms with Gasteiger partial charge in [0, 0.05) is 11.1 Å². The van der Waals surface area contributed by atoms with Gasteiger partial charge in [0.05, 0.1) is 11.1 Å². The number of rotatable bonds is 3. The van der Waals surface area contributed by atoms with Gasteiger partial charge < -0.3 is 5.73 Å². The molecule has 18 heavy (non-hydrogen) atoms. The Morgan fingerprint density at radius 1 is 1.33 bits per heavy atom. The Hall–Kier alpha value is -1.55. The molecule has 0 aliphatic carbocycles. The molecule has 0 fully saturated rings. The molecule has 2 rings (SSSR count). The lowest BCUT2D eigenvalue weighted by Gasteiger charge is -2.24. The average molecular weight is 250 g/mol. The molecule has 0 radical (unpaired) electrons. The molecule has 1 unspecified atom stereocenters. The highest BCUT2D eigenvalue weighted by atomic mass is 19.3. The second-order valence-corrected chi connectivity index (χ2v) is 4.92. The summed E-state index contributed by atoms with van der Waals surface area (Å²) in [7, 11) is 0. The zero-order valence-corrected chi connectivity index (χ0v) is 10.5. The second-order valence-electron chi connectivity index (χ2n) is 4.92. The summed E-state index contributed by atoms with van der Waals surface area (Å²) in [4.78, 5) is 4.38. The number of pyridine rings is 1. The third-order valence-electron chi connectivity index (χ3n) is 3.00. The second kappa shape index (κ2) is 4.61. The number of halogens is 2. The summed E-state index contributed by atoms with van der Waals surface area (Å²) in [5, 5.41) is 0.889. The van der Waals surface area contributed by atoms with Crippen molar-refractivity contribution in [1.82, 2.24) is 4.98 Å². The molecule has 0 spiro atoms. The minimum atomic E-state index is -2.55. The van der Waals surface area contributed by atoms with E-state index in [0.717, 1.165) is 22.2 Å². The molecule has 96 valence electrons. The van der Waals surface area contributed by atoms with Crippen molar-refractivity contribution in [2.75, 3.05) is 0 Å². The zero-order chi connectivity index (χ0) is 13.3. The number of aromatic nitrogens is 1. The van der Waals surface area contributed by atoms with Crippen molar-refractivity contribution in [3.63, 3.8) is 0 Å². The summed E-state index contributed by atoms with van der Waals surface area (Å²) in [5.41, 5.74) is 6.60. The highest BCUT2D eigenvalue weighted by molar-refractivity contribution is 5.82. The molecule has 1 heterocycles. The van der Waals surface area contributed by atoms with Crippen LogP contribution in [0.4, 0.5) is 8.78 Å². The highest BCUT2D eigenvalue weighted by Gasteiger charge is 2.31. The van der Waals surface area contributed by atoms with Crippen LogP contribution in [-0.4, -0.2) is 16.9 Å². The summed E-state index contributed by atoms with van der Waals surface area (Å²) >= 11 is 0. The lowest BCUT2D eigenvalue weighted by Crippen LogP contribution is -2.45. The van der Waals surface area contributed by atoms with Gasteiger partial charge in [-0.1, -0.05) is 18.2 Å². The van der Waals surface area contributed by atoms with E-state index in [9.17, 15) is 8.78 Å². The van der Waals surface area contributed by atoms with Crippen LogP contribution in [0.1, 0.15) is 18.2 Å².